The molecule has 2 aromatic carbocycles. The Kier molecular flexibility index (Phi) is 6.37. The van der Waals surface area contributed by atoms with Crippen molar-refractivity contribution in [1.29, 1.82) is 0 Å². The molecule has 5 heteroatoms. The number of Topliss-reactive ketones (excluding diaryl/α,β-unsaturated/α-hetero) is 1. The summed E-state index contributed by atoms with van der Waals surface area (Å²) >= 11 is 0. The number of hydrogen-bond acceptors (Lipinski definition) is 4. The second kappa shape index (κ2) is 8.95. The number of rotatable bonds is 7. The van der Waals surface area contributed by atoms with Crippen LogP contribution >= 0.6 is 0 Å². The van der Waals surface area contributed by atoms with Crippen molar-refractivity contribution in [3.05, 3.63) is 70.8 Å². The number of benzene rings is 2. The van der Waals surface area contributed by atoms with E-state index in [2.05, 4.69) is 0 Å². The topological polar surface area (TPSA) is 66.8 Å². The van der Waals surface area contributed by atoms with Crippen molar-refractivity contribution in [2.75, 3.05) is 13.2 Å². The molecule has 0 radical (unpaired) electrons. The average Bonchev–Trinajstić information content (AvgIpc) is 2.97. The first-order chi connectivity index (χ1) is 14.0. The third-order valence-electron chi connectivity index (χ3n) is 5.07. The molecule has 1 N–H and O–H groups in total. The lowest BCUT2D eigenvalue weighted by Gasteiger charge is -2.25. The van der Waals surface area contributed by atoms with Gasteiger partial charge in [-0.3, -0.25) is 9.59 Å². The number of amides is 1. The fourth-order valence-electron chi connectivity index (χ4n) is 3.68. The van der Waals surface area contributed by atoms with Gasteiger partial charge in [-0.15, -0.1) is 0 Å². The van der Waals surface area contributed by atoms with Crippen molar-refractivity contribution in [2.45, 2.75) is 39.7 Å². The Morgan fingerprint density at radius 3 is 2.55 bits per heavy atom. The summed E-state index contributed by atoms with van der Waals surface area (Å²) < 4.78 is 5.51. The molecular weight excluding hydrogens is 366 g/mol. The van der Waals surface area contributed by atoms with E-state index in [1.807, 2.05) is 45.0 Å². The molecule has 1 atom stereocenters. The van der Waals surface area contributed by atoms with Crippen LogP contribution in [-0.4, -0.2) is 34.8 Å². The lowest BCUT2D eigenvalue weighted by atomic mass is 9.94. The van der Waals surface area contributed by atoms with Crippen LogP contribution in [0.3, 0.4) is 0 Å². The Morgan fingerprint density at radius 2 is 1.86 bits per heavy atom. The van der Waals surface area contributed by atoms with Crippen LogP contribution in [0.5, 0.6) is 5.75 Å². The number of ketones is 1. The second-order valence-corrected chi connectivity index (χ2v) is 7.22. The van der Waals surface area contributed by atoms with Gasteiger partial charge in [-0.1, -0.05) is 55.3 Å². The fraction of sp³-hybridized carbons (Fsp3) is 0.333. The second-order valence-electron chi connectivity index (χ2n) is 7.22. The number of aliphatic hydroxyl groups excluding tert-OH is 1. The van der Waals surface area contributed by atoms with Crippen LogP contribution < -0.4 is 4.74 Å². The predicted molar refractivity (Wildman–Crippen MR) is 113 cm³/mol. The van der Waals surface area contributed by atoms with Gasteiger partial charge in [0, 0.05) is 12.1 Å². The molecule has 0 aromatic heterocycles. The van der Waals surface area contributed by atoms with Crippen LogP contribution in [0.2, 0.25) is 0 Å². The van der Waals surface area contributed by atoms with Crippen LogP contribution in [-0.2, 0) is 9.59 Å². The summed E-state index contributed by atoms with van der Waals surface area (Å²) in [5.41, 5.74) is 2.44. The van der Waals surface area contributed by atoms with E-state index in [0.29, 0.717) is 24.5 Å². The molecule has 1 aliphatic rings. The molecule has 1 aliphatic heterocycles. The highest BCUT2D eigenvalue weighted by molar-refractivity contribution is 6.46. The molecule has 152 valence electrons. The van der Waals surface area contributed by atoms with Gasteiger partial charge in [0.05, 0.1) is 18.2 Å². The fourth-order valence-corrected chi connectivity index (χ4v) is 3.68. The minimum atomic E-state index is -0.646. The van der Waals surface area contributed by atoms with Gasteiger partial charge < -0.3 is 14.7 Å². The lowest BCUT2D eigenvalue weighted by molar-refractivity contribution is -0.139. The van der Waals surface area contributed by atoms with E-state index in [1.54, 1.807) is 29.2 Å². The quantitative estimate of drug-likeness (QED) is 0.424. The molecule has 0 bridgehead atoms. The Balaban J connectivity index is 2.15. The maximum absolute atomic E-state index is 12.9. The molecule has 2 aromatic rings. The SMILES string of the molecule is CCCCN1C(=O)C(=O)/C(=C(\O)c2cccc(OCC)c2)C1c1cccc(C)c1. The molecule has 1 heterocycles. The van der Waals surface area contributed by atoms with Crippen LogP contribution in [0.4, 0.5) is 0 Å². The number of unbranched alkanes of at least 4 members (excludes halogenated alkanes) is 1. The molecular formula is C24H27NO4. The van der Waals surface area contributed by atoms with Crippen molar-refractivity contribution in [3.63, 3.8) is 0 Å². The minimum absolute atomic E-state index is 0.130. The number of carbonyl (C=O) groups excluding carboxylic acids is 2. The highest BCUT2D eigenvalue weighted by Crippen LogP contribution is 2.40. The van der Waals surface area contributed by atoms with Crippen LogP contribution in [0.25, 0.3) is 5.76 Å². The van der Waals surface area contributed by atoms with Gasteiger partial charge in [0.25, 0.3) is 11.7 Å². The summed E-state index contributed by atoms with van der Waals surface area (Å²) in [6.07, 6.45) is 1.69. The van der Waals surface area contributed by atoms with Crippen molar-refractivity contribution >= 4 is 17.4 Å². The molecule has 3 rings (SSSR count). The zero-order valence-electron chi connectivity index (χ0n) is 17.1. The predicted octanol–water partition coefficient (Wildman–Crippen LogP) is 4.62. The third-order valence-corrected chi connectivity index (χ3v) is 5.07. The van der Waals surface area contributed by atoms with E-state index < -0.39 is 17.7 Å². The molecule has 1 saturated heterocycles. The molecule has 5 nitrogen and oxygen atoms in total. The Hall–Kier alpha value is -3.08. The lowest BCUT2D eigenvalue weighted by Crippen LogP contribution is -2.30. The number of ether oxygens (including phenoxy) is 1. The zero-order valence-corrected chi connectivity index (χ0v) is 17.1. The van der Waals surface area contributed by atoms with E-state index in [-0.39, 0.29) is 11.3 Å². The number of aliphatic hydroxyl groups is 1. The zero-order chi connectivity index (χ0) is 21.0. The molecule has 0 aliphatic carbocycles. The maximum Gasteiger partial charge on any atom is 0.295 e. The van der Waals surface area contributed by atoms with Gasteiger partial charge in [-0.25, -0.2) is 0 Å². The van der Waals surface area contributed by atoms with Gasteiger partial charge >= 0.3 is 0 Å². The van der Waals surface area contributed by atoms with Crippen molar-refractivity contribution < 1.29 is 19.4 Å². The Labute approximate surface area is 171 Å². The van der Waals surface area contributed by atoms with Gasteiger partial charge in [-0.05, 0) is 38.0 Å². The van der Waals surface area contributed by atoms with Gasteiger partial charge in [0.1, 0.15) is 11.5 Å². The van der Waals surface area contributed by atoms with Gasteiger partial charge in [-0.2, -0.15) is 0 Å². The first kappa shape index (κ1) is 20.6. The molecule has 1 fully saturated rings. The minimum Gasteiger partial charge on any atom is -0.507 e. The smallest absolute Gasteiger partial charge is 0.295 e. The van der Waals surface area contributed by atoms with E-state index >= 15 is 0 Å². The molecule has 1 amide bonds. The number of nitrogens with zero attached hydrogens (tertiary/aromatic N) is 1. The van der Waals surface area contributed by atoms with E-state index in [1.165, 1.54) is 0 Å². The summed E-state index contributed by atoms with van der Waals surface area (Å²) in [7, 11) is 0. The molecule has 29 heavy (non-hydrogen) atoms. The van der Waals surface area contributed by atoms with Crippen molar-refractivity contribution in [3.8, 4) is 5.75 Å². The number of carbonyl (C=O) groups is 2. The normalized spacial score (nSPS) is 18.3. The number of hydrogen-bond donors (Lipinski definition) is 1. The standard InChI is InChI=1S/C24H27NO4/c1-4-6-13-25-21(17-10-7-9-16(3)14-17)20(23(27)24(25)28)22(26)18-11-8-12-19(15-18)29-5-2/h7-12,14-15,21,26H,4-6,13H2,1-3H3/b22-20-. The molecule has 0 spiro atoms. The van der Waals surface area contributed by atoms with E-state index in [9.17, 15) is 14.7 Å². The highest BCUT2D eigenvalue weighted by Gasteiger charge is 2.45. The first-order valence-corrected chi connectivity index (χ1v) is 10.1. The van der Waals surface area contributed by atoms with Crippen molar-refractivity contribution in [1.82, 2.24) is 4.90 Å². The number of aryl methyl sites for hydroxylation is 1. The average molecular weight is 393 g/mol. The van der Waals surface area contributed by atoms with Gasteiger partial charge in [0.2, 0.25) is 0 Å². The summed E-state index contributed by atoms with van der Waals surface area (Å²) in [5.74, 6) is -0.779. The summed E-state index contributed by atoms with van der Waals surface area (Å²) in [6, 6.07) is 14.1. The summed E-state index contributed by atoms with van der Waals surface area (Å²) in [5, 5.41) is 11.1. The summed E-state index contributed by atoms with van der Waals surface area (Å²) in [4.78, 5) is 27.3. The van der Waals surface area contributed by atoms with E-state index in [4.69, 9.17) is 4.74 Å². The Morgan fingerprint density at radius 1 is 1.10 bits per heavy atom. The molecule has 0 saturated carbocycles. The number of likely N-dealkylation sites (tertiary alicyclic amines) is 1. The molecule has 1 unspecified atom stereocenters. The van der Waals surface area contributed by atoms with Crippen molar-refractivity contribution in [2.24, 2.45) is 0 Å². The maximum atomic E-state index is 12.9. The van der Waals surface area contributed by atoms with Gasteiger partial charge in [0.15, 0.2) is 0 Å². The summed E-state index contributed by atoms with van der Waals surface area (Å²) in [6.45, 7) is 6.85. The Bertz CT molecular complexity index is 947. The van der Waals surface area contributed by atoms with E-state index in [0.717, 1.165) is 24.0 Å². The monoisotopic (exact) mass is 393 g/mol. The highest BCUT2D eigenvalue weighted by atomic mass is 16.5. The van der Waals surface area contributed by atoms with Crippen LogP contribution in [0.15, 0.2) is 54.1 Å². The van der Waals surface area contributed by atoms with Crippen LogP contribution in [0, 0.1) is 6.92 Å². The third kappa shape index (κ3) is 4.19. The van der Waals surface area contributed by atoms with Crippen LogP contribution in [0.1, 0.15) is 49.4 Å². The first-order valence-electron chi connectivity index (χ1n) is 10.1. The largest absolute Gasteiger partial charge is 0.507 e.